The van der Waals surface area contributed by atoms with Crippen molar-refractivity contribution < 1.29 is 209 Å². The fourth-order valence-corrected chi connectivity index (χ4v) is 4.07. The third-order valence-corrected chi connectivity index (χ3v) is 8.61. The summed E-state index contributed by atoms with van der Waals surface area (Å²) in [5.74, 6) is -151. The van der Waals surface area contributed by atoms with Gasteiger partial charge in [-0.3, -0.25) is 0 Å². The molecule has 0 bridgehead atoms. The fraction of sp³-hybridized carbons (Fsp3) is 0.793. The molecule has 0 aliphatic rings. The highest BCUT2D eigenvalue weighted by Crippen LogP contribution is 2.64. The lowest BCUT2D eigenvalue weighted by Crippen LogP contribution is -2.71. The molecule has 0 aliphatic carbocycles. The van der Waals surface area contributed by atoms with E-state index >= 15 is 0 Å². The lowest BCUT2D eigenvalue weighted by molar-refractivity contribution is -0.437. The molecule has 2 unspecified atom stereocenters. The van der Waals surface area contributed by atoms with E-state index in [0.717, 1.165) is 0 Å². The molecule has 76 heavy (non-hydrogen) atoms. The summed E-state index contributed by atoms with van der Waals surface area (Å²) in [6.07, 6.45) is -34.5. The summed E-state index contributed by atoms with van der Waals surface area (Å²) in [4.78, 5) is 47.8. The van der Waals surface area contributed by atoms with Gasteiger partial charge in [0.15, 0.2) is 12.2 Å². The first-order chi connectivity index (χ1) is 32.5. The van der Waals surface area contributed by atoms with Crippen molar-refractivity contribution in [3.8, 4) is 0 Å². The van der Waals surface area contributed by atoms with Crippen molar-refractivity contribution in [3.05, 3.63) is 12.2 Å². The van der Waals surface area contributed by atoms with Crippen molar-refractivity contribution in [2.24, 2.45) is 0 Å². The van der Waals surface area contributed by atoms with Crippen molar-refractivity contribution in [3.63, 3.8) is 0 Å². The number of rotatable bonds is 23. The Morgan fingerprint density at radius 3 is 0.684 bits per heavy atom. The van der Waals surface area contributed by atoms with Crippen molar-refractivity contribution >= 4 is 23.9 Å². The zero-order chi connectivity index (χ0) is 62.3. The van der Waals surface area contributed by atoms with E-state index in [2.05, 4.69) is 25.5 Å². The average molecular weight is 1230 g/mol. The van der Waals surface area contributed by atoms with Gasteiger partial charge in [0.05, 0.1) is 0 Å². The molecule has 2 atom stereocenters. The number of ether oxygens (including phenoxy) is 4. The van der Waals surface area contributed by atoms with E-state index in [9.17, 15) is 190 Å². The molecule has 0 aliphatic heterocycles. The predicted molar refractivity (Wildman–Crippen MR) is 149 cm³/mol. The summed E-state index contributed by atoms with van der Waals surface area (Å²) in [6.45, 7) is -5.24. The lowest BCUT2D eigenvalue weighted by Gasteiger charge is -2.39. The molecule has 0 saturated carbocycles. The van der Waals surface area contributed by atoms with Crippen LogP contribution in [0.4, 0.5) is 171 Å². The van der Waals surface area contributed by atoms with Crippen LogP contribution in [0.5, 0.6) is 0 Å². The molecule has 0 N–H and O–H groups in total. The second-order valence-corrected chi connectivity index (χ2v) is 14.0. The van der Waals surface area contributed by atoms with Crippen LogP contribution in [0.2, 0.25) is 0 Å². The van der Waals surface area contributed by atoms with Crippen LogP contribution in [0, 0.1) is 0 Å². The highest BCUT2D eigenvalue weighted by molar-refractivity contribution is 5.87. The summed E-state index contributed by atoms with van der Waals surface area (Å²) >= 11 is 0. The van der Waals surface area contributed by atoms with Gasteiger partial charge in [-0.15, -0.1) is 0 Å². The molecule has 0 heterocycles. The van der Waals surface area contributed by atoms with Crippen LogP contribution >= 0.6 is 0 Å². The molecule has 0 aromatic heterocycles. The maximum atomic E-state index is 14.6. The minimum atomic E-state index is -9.20. The minimum absolute atomic E-state index is 0.0642. The van der Waals surface area contributed by atoms with Crippen LogP contribution in [0.3, 0.4) is 0 Å². The molecule has 47 heteroatoms. The van der Waals surface area contributed by atoms with Crippen LogP contribution in [0.15, 0.2) is 12.2 Å². The first-order valence-corrected chi connectivity index (χ1v) is 16.8. The topological polar surface area (TPSA) is 105 Å². The highest BCUT2D eigenvalue weighted by Gasteiger charge is 2.95. The third kappa shape index (κ3) is 10.5. The van der Waals surface area contributed by atoms with Gasteiger partial charge >= 0.3 is 131 Å². The van der Waals surface area contributed by atoms with Gasteiger partial charge in [0.2, 0.25) is 0 Å². The number of hydrogen-bond acceptors (Lipinski definition) is 8. The van der Waals surface area contributed by atoms with Gasteiger partial charge in [0, 0.05) is 5.57 Å². The second-order valence-electron chi connectivity index (χ2n) is 14.0. The molecular formula is C29H11F39O8. The largest absolute Gasteiger partial charge is 0.460 e. The van der Waals surface area contributed by atoms with Crippen LogP contribution in [0.25, 0.3) is 0 Å². The summed E-state index contributed by atoms with van der Waals surface area (Å²) in [6, 6.07) is 0. The Morgan fingerprint density at radius 2 is 0.487 bits per heavy atom. The average Bonchev–Trinajstić information content (AvgIpc) is 3.20. The van der Waals surface area contributed by atoms with Crippen LogP contribution < -0.4 is 0 Å². The Balaban J connectivity index is 8.23. The Labute approximate surface area is 386 Å². The van der Waals surface area contributed by atoms with E-state index < -0.39 is 162 Å². The van der Waals surface area contributed by atoms with Gasteiger partial charge in [-0.1, -0.05) is 6.58 Å². The Bertz CT molecular complexity index is 2160. The fourth-order valence-electron chi connectivity index (χ4n) is 4.07. The van der Waals surface area contributed by atoms with Gasteiger partial charge in [0.1, 0.15) is 13.2 Å². The van der Waals surface area contributed by atoms with Crippen molar-refractivity contribution in [2.75, 3.05) is 13.2 Å². The van der Waals surface area contributed by atoms with Crippen LogP contribution in [-0.4, -0.2) is 157 Å². The minimum Gasteiger partial charge on any atom is -0.457 e. The van der Waals surface area contributed by atoms with Gasteiger partial charge in [-0.25, -0.2) is 19.2 Å². The number of esters is 4. The number of carbonyl (C=O) groups excluding carboxylic acids is 4. The van der Waals surface area contributed by atoms with E-state index in [1.54, 1.807) is 0 Å². The number of halogens is 39. The van der Waals surface area contributed by atoms with Crippen molar-refractivity contribution in [1.82, 2.24) is 0 Å². The quantitative estimate of drug-likeness (QED) is 0.0431. The first kappa shape index (κ1) is 70.9. The predicted octanol–water partition coefficient (Wildman–Crippen LogP) is 11.7. The molecule has 0 saturated heterocycles. The van der Waals surface area contributed by atoms with Crippen molar-refractivity contribution in [1.29, 1.82) is 0 Å². The first-order valence-electron chi connectivity index (χ1n) is 16.8. The highest BCUT2D eigenvalue weighted by atomic mass is 19.5. The molecule has 0 aromatic carbocycles. The standard InChI is InChI=1S/C29H11F39O8/c1-5(2)8(69)75-6(3-73-9(70)12(30,31)15(36,37)18(42,43)21(48,49)24(54,55)27(60,61)62)7(76-11(72)14(34,35)17(40,41)20(46,47)23(52,53)26(58,59)29(66,67)68)4-74-10(71)13(32,33)16(38,39)19(44,45)22(50,51)25(56,57)28(63,64)65/h6-7H,1,3-4H2,2H3. The molecule has 0 amide bonds. The van der Waals surface area contributed by atoms with E-state index in [0.29, 0.717) is 0 Å². The number of alkyl halides is 39. The summed E-state index contributed by atoms with van der Waals surface area (Å²) in [7, 11) is 0. The monoisotopic (exact) mass is 1230 g/mol. The van der Waals surface area contributed by atoms with E-state index in [4.69, 9.17) is 0 Å². The number of carbonyl (C=O) groups is 4. The molecule has 8 nitrogen and oxygen atoms in total. The third-order valence-electron chi connectivity index (χ3n) is 8.61. The van der Waals surface area contributed by atoms with E-state index in [1.165, 1.54) is 0 Å². The van der Waals surface area contributed by atoms with Crippen LogP contribution in [-0.2, 0) is 38.1 Å². The molecular weight excluding hydrogens is 1220 g/mol. The normalized spacial score (nSPS) is 16.4. The zero-order valence-corrected chi connectivity index (χ0v) is 33.8. The molecule has 448 valence electrons. The molecule has 0 aromatic rings. The molecule has 0 fully saturated rings. The SMILES string of the molecule is C=C(C)C(=O)OC(COC(=O)C(F)(F)C(F)(F)C(F)(F)C(F)(F)C(F)(F)C(F)(F)F)C(COC(=O)C(F)(F)C(F)(F)C(F)(F)C(F)(F)C(F)(F)C(F)(F)F)OC(=O)C(F)(F)C(F)(F)C(F)(F)C(F)(F)C(F)(F)C(F)(F)F. The summed E-state index contributed by atoms with van der Waals surface area (Å²) < 4.78 is 540. The van der Waals surface area contributed by atoms with Gasteiger partial charge in [-0.05, 0) is 6.92 Å². The zero-order valence-electron chi connectivity index (χ0n) is 33.8. The van der Waals surface area contributed by atoms with Crippen molar-refractivity contribution in [2.45, 2.75) is 126 Å². The Kier molecular flexibility index (Phi) is 18.3. The maximum Gasteiger partial charge on any atom is 0.460 e. The smallest absolute Gasteiger partial charge is 0.457 e. The lowest BCUT2D eigenvalue weighted by atomic mass is 9.94. The molecule has 0 radical (unpaired) electrons. The Hall–Kier alpha value is -5.11. The number of hydrogen-bond donors (Lipinski definition) is 0. The van der Waals surface area contributed by atoms with Gasteiger partial charge < -0.3 is 18.9 Å². The van der Waals surface area contributed by atoms with Gasteiger partial charge in [-0.2, -0.15) is 171 Å². The summed E-state index contributed by atoms with van der Waals surface area (Å²) in [5.41, 5.74) is -1.64. The van der Waals surface area contributed by atoms with Crippen LogP contribution in [0.1, 0.15) is 6.92 Å². The molecule has 0 rings (SSSR count). The molecule has 0 spiro atoms. The Morgan fingerprint density at radius 1 is 0.303 bits per heavy atom. The van der Waals surface area contributed by atoms with E-state index in [-0.39, 0.29) is 6.92 Å². The summed E-state index contributed by atoms with van der Waals surface area (Å²) in [5, 5.41) is 0. The van der Waals surface area contributed by atoms with E-state index in [1.807, 2.05) is 0 Å². The second kappa shape index (κ2) is 19.7. The van der Waals surface area contributed by atoms with Gasteiger partial charge in [0.25, 0.3) is 0 Å². The maximum absolute atomic E-state index is 14.6.